The molecule has 2 fully saturated rings. The molecular formula is C36H47N5O6. The first-order chi connectivity index (χ1) is 22.6. The Bertz CT molecular complexity index is 1450. The van der Waals surface area contributed by atoms with Gasteiger partial charge in [-0.15, -0.1) is 0 Å². The van der Waals surface area contributed by atoms with Crippen molar-refractivity contribution < 1.29 is 28.7 Å². The first-order valence-electron chi connectivity index (χ1n) is 16.9. The van der Waals surface area contributed by atoms with E-state index in [1.807, 2.05) is 43.0 Å². The molecule has 4 N–H and O–H groups in total. The number of likely N-dealkylation sites (tertiary alicyclic amines) is 1. The SMILES string of the molecule is CC(C)[C@H]1COc2ccccc2C(=O)N[C@H](C(=O)NCc2ccc(CN3CCCC3=O)cc2)CCC(=O)NC2(CCCCC2)C(=O)N1. The summed E-state index contributed by atoms with van der Waals surface area (Å²) in [5.41, 5.74) is 1.10. The van der Waals surface area contributed by atoms with E-state index in [0.717, 1.165) is 43.4 Å². The third-order valence-electron chi connectivity index (χ3n) is 9.51. The zero-order valence-corrected chi connectivity index (χ0v) is 27.4. The van der Waals surface area contributed by atoms with Crippen molar-refractivity contribution in [3.05, 3.63) is 65.2 Å². The van der Waals surface area contributed by atoms with Crippen LogP contribution in [0.2, 0.25) is 0 Å². The van der Waals surface area contributed by atoms with Gasteiger partial charge in [-0.1, -0.05) is 69.5 Å². The highest BCUT2D eigenvalue weighted by Crippen LogP contribution is 2.30. The maximum Gasteiger partial charge on any atom is 0.255 e. The van der Waals surface area contributed by atoms with Crippen LogP contribution in [0.15, 0.2) is 48.5 Å². The minimum Gasteiger partial charge on any atom is -0.491 e. The molecule has 2 atom stereocenters. The zero-order chi connectivity index (χ0) is 33.4. The maximum atomic E-state index is 13.8. The molecule has 11 nitrogen and oxygen atoms in total. The predicted octanol–water partition coefficient (Wildman–Crippen LogP) is 3.36. The number of carbonyl (C=O) groups is 5. The van der Waals surface area contributed by atoms with Crippen LogP contribution in [0, 0.1) is 5.92 Å². The Morgan fingerprint density at radius 3 is 2.36 bits per heavy atom. The van der Waals surface area contributed by atoms with Crippen LogP contribution in [0.3, 0.4) is 0 Å². The number of rotatable bonds is 6. The van der Waals surface area contributed by atoms with E-state index in [1.165, 1.54) is 0 Å². The van der Waals surface area contributed by atoms with Crippen LogP contribution in [-0.4, -0.2) is 65.2 Å². The molecule has 0 radical (unpaired) electrons. The molecule has 1 spiro atoms. The van der Waals surface area contributed by atoms with Crippen LogP contribution in [0.1, 0.15) is 93.1 Å². The largest absolute Gasteiger partial charge is 0.491 e. The van der Waals surface area contributed by atoms with Gasteiger partial charge in [0.05, 0.1) is 11.6 Å². The number of benzene rings is 2. The van der Waals surface area contributed by atoms with Gasteiger partial charge in [0.1, 0.15) is 23.9 Å². The molecular weight excluding hydrogens is 598 g/mol. The molecule has 0 bridgehead atoms. The van der Waals surface area contributed by atoms with Crippen LogP contribution in [-0.2, 0) is 32.3 Å². The molecule has 1 saturated carbocycles. The number of nitrogens with one attached hydrogen (secondary N) is 4. The zero-order valence-electron chi connectivity index (χ0n) is 27.4. The summed E-state index contributed by atoms with van der Waals surface area (Å²) in [4.78, 5) is 68.1. The van der Waals surface area contributed by atoms with Crippen molar-refractivity contribution in [3.8, 4) is 5.75 Å². The second-order valence-corrected chi connectivity index (χ2v) is 13.3. The van der Waals surface area contributed by atoms with Crippen LogP contribution < -0.4 is 26.0 Å². The fourth-order valence-electron chi connectivity index (χ4n) is 6.51. The number of para-hydroxylation sites is 1. The minimum absolute atomic E-state index is 0.0329. The van der Waals surface area contributed by atoms with Gasteiger partial charge in [0, 0.05) is 32.5 Å². The van der Waals surface area contributed by atoms with Crippen molar-refractivity contribution in [1.29, 1.82) is 0 Å². The van der Waals surface area contributed by atoms with Gasteiger partial charge < -0.3 is 30.9 Å². The molecule has 2 aromatic carbocycles. The second-order valence-electron chi connectivity index (χ2n) is 13.3. The molecule has 2 aliphatic heterocycles. The Labute approximate surface area is 276 Å². The fourth-order valence-corrected chi connectivity index (χ4v) is 6.51. The van der Waals surface area contributed by atoms with E-state index in [4.69, 9.17) is 4.74 Å². The van der Waals surface area contributed by atoms with Gasteiger partial charge in [0.15, 0.2) is 0 Å². The quantitative estimate of drug-likeness (QED) is 0.379. The van der Waals surface area contributed by atoms with Gasteiger partial charge in [0.2, 0.25) is 23.6 Å². The van der Waals surface area contributed by atoms with Gasteiger partial charge >= 0.3 is 0 Å². The Hall–Kier alpha value is -4.41. The monoisotopic (exact) mass is 645 g/mol. The van der Waals surface area contributed by atoms with Crippen molar-refractivity contribution in [2.45, 2.75) is 102 Å². The highest BCUT2D eigenvalue weighted by Gasteiger charge is 2.42. The van der Waals surface area contributed by atoms with Crippen LogP contribution >= 0.6 is 0 Å². The van der Waals surface area contributed by atoms with Crippen LogP contribution in [0.25, 0.3) is 0 Å². The standard InChI is InChI=1S/C36H47N5O6/c1-24(2)29-23-47-30-10-5-4-9-27(30)33(44)38-28(16-17-31(42)40-36(35(46)39-29)18-6-3-7-19-36)34(45)37-21-25-12-14-26(15-13-25)22-41-20-8-11-32(41)43/h4-5,9-10,12-15,24,28-29H,3,6-8,11,16-23H2,1-2H3,(H,37,45)(H,38,44)(H,39,46)(H,40,42)/t28-,29+/m0/s1. The number of carbonyl (C=O) groups excluding carboxylic acids is 5. The molecule has 252 valence electrons. The Morgan fingerprint density at radius 2 is 1.66 bits per heavy atom. The molecule has 1 saturated heterocycles. The molecule has 2 heterocycles. The summed E-state index contributed by atoms with van der Waals surface area (Å²) in [7, 11) is 0. The Balaban J connectivity index is 1.32. The molecule has 11 heteroatoms. The lowest BCUT2D eigenvalue weighted by molar-refractivity contribution is -0.136. The number of hydrogen-bond donors (Lipinski definition) is 4. The summed E-state index contributed by atoms with van der Waals surface area (Å²) in [6.07, 6.45) is 5.18. The van der Waals surface area contributed by atoms with Crippen molar-refractivity contribution >= 4 is 29.5 Å². The highest BCUT2D eigenvalue weighted by atomic mass is 16.5. The fraction of sp³-hybridized carbons (Fsp3) is 0.528. The molecule has 5 rings (SSSR count). The molecule has 47 heavy (non-hydrogen) atoms. The average molecular weight is 646 g/mol. The summed E-state index contributed by atoms with van der Waals surface area (Å²) in [5, 5.41) is 11.9. The van der Waals surface area contributed by atoms with E-state index >= 15 is 0 Å². The smallest absolute Gasteiger partial charge is 0.255 e. The van der Waals surface area contributed by atoms with E-state index in [1.54, 1.807) is 24.3 Å². The van der Waals surface area contributed by atoms with Gasteiger partial charge in [-0.3, -0.25) is 24.0 Å². The van der Waals surface area contributed by atoms with Crippen molar-refractivity contribution in [1.82, 2.24) is 26.2 Å². The third-order valence-corrected chi connectivity index (χ3v) is 9.51. The van der Waals surface area contributed by atoms with E-state index in [0.29, 0.717) is 31.6 Å². The molecule has 1 aliphatic carbocycles. The average Bonchev–Trinajstić information content (AvgIpc) is 3.47. The Kier molecular flexibility index (Phi) is 11.2. The summed E-state index contributed by atoms with van der Waals surface area (Å²) >= 11 is 0. The predicted molar refractivity (Wildman–Crippen MR) is 176 cm³/mol. The Morgan fingerprint density at radius 1 is 0.936 bits per heavy atom. The molecule has 2 aromatic rings. The van der Waals surface area contributed by atoms with Crippen LogP contribution in [0.5, 0.6) is 5.75 Å². The summed E-state index contributed by atoms with van der Waals surface area (Å²) in [6.45, 7) is 5.66. The third kappa shape index (κ3) is 8.69. The second kappa shape index (κ2) is 15.5. The lowest BCUT2D eigenvalue weighted by Gasteiger charge is -2.38. The van der Waals surface area contributed by atoms with E-state index in [2.05, 4.69) is 21.3 Å². The summed E-state index contributed by atoms with van der Waals surface area (Å²) < 4.78 is 6.13. The van der Waals surface area contributed by atoms with E-state index < -0.39 is 23.4 Å². The van der Waals surface area contributed by atoms with E-state index in [9.17, 15) is 24.0 Å². The number of amides is 5. The van der Waals surface area contributed by atoms with E-state index in [-0.39, 0.29) is 61.2 Å². The molecule has 0 unspecified atom stereocenters. The lowest BCUT2D eigenvalue weighted by Crippen LogP contribution is -2.62. The molecule has 0 aromatic heterocycles. The number of hydrogen-bond acceptors (Lipinski definition) is 6. The van der Waals surface area contributed by atoms with Crippen molar-refractivity contribution in [2.24, 2.45) is 5.92 Å². The first kappa shape index (κ1) is 33.9. The normalized spacial score (nSPS) is 22.3. The van der Waals surface area contributed by atoms with Crippen LogP contribution in [0.4, 0.5) is 0 Å². The molecule has 5 amide bonds. The van der Waals surface area contributed by atoms with Gasteiger partial charge in [0.25, 0.3) is 5.91 Å². The van der Waals surface area contributed by atoms with Gasteiger partial charge in [-0.05, 0) is 54.9 Å². The van der Waals surface area contributed by atoms with Crippen molar-refractivity contribution in [2.75, 3.05) is 13.2 Å². The number of fused-ring (bicyclic) bond motifs is 1. The molecule has 3 aliphatic rings. The lowest BCUT2D eigenvalue weighted by atomic mass is 9.80. The highest BCUT2D eigenvalue weighted by molar-refractivity contribution is 6.00. The first-order valence-corrected chi connectivity index (χ1v) is 16.9. The number of ether oxygens (including phenoxy) is 1. The maximum absolute atomic E-state index is 13.8. The van der Waals surface area contributed by atoms with Gasteiger partial charge in [-0.2, -0.15) is 0 Å². The summed E-state index contributed by atoms with van der Waals surface area (Å²) in [5.74, 6) is -0.939. The van der Waals surface area contributed by atoms with Gasteiger partial charge in [-0.25, -0.2) is 0 Å². The topological polar surface area (TPSA) is 146 Å². The summed E-state index contributed by atoms with van der Waals surface area (Å²) in [6, 6.07) is 13.2. The number of nitrogens with zero attached hydrogens (tertiary/aromatic N) is 1. The minimum atomic E-state index is -1.03. The van der Waals surface area contributed by atoms with Crippen molar-refractivity contribution in [3.63, 3.8) is 0 Å².